The molecule has 0 aromatic carbocycles. The highest BCUT2D eigenvalue weighted by molar-refractivity contribution is 5.69. The van der Waals surface area contributed by atoms with Crippen LogP contribution in [0, 0.1) is 0 Å². The molecule has 0 spiro atoms. The number of methoxy groups -OCH3 is 1. The fourth-order valence-electron chi connectivity index (χ4n) is 7.15. The fraction of sp³-hybridized carbons (Fsp3) is 0.837. The van der Waals surface area contributed by atoms with Crippen molar-refractivity contribution < 1.29 is 95.9 Å². The minimum absolute atomic E-state index is 0.0906. The van der Waals surface area contributed by atoms with Gasteiger partial charge in [-0.3, -0.25) is 33.6 Å². The van der Waals surface area contributed by atoms with Gasteiger partial charge in [0.15, 0.2) is 43.1 Å². The minimum Gasteiger partial charge on any atom is -0.463 e. The summed E-state index contributed by atoms with van der Waals surface area (Å²) < 4.78 is 98.6. The van der Waals surface area contributed by atoms with Crippen LogP contribution in [-0.2, 0) is 90.4 Å². The van der Waals surface area contributed by atoms with E-state index in [-0.39, 0.29) is 6.61 Å². The second-order valence-electron chi connectivity index (χ2n) is 15.1. The molecule has 2 rings (SSSR count). The van der Waals surface area contributed by atoms with Gasteiger partial charge in [0.2, 0.25) is 0 Å². The van der Waals surface area contributed by atoms with Gasteiger partial charge in [-0.15, -0.1) is 0 Å². The van der Waals surface area contributed by atoms with Crippen molar-refractivity contribution in [1.82, 2.24) is 0 Å². The number of carbonyl (C=O) groups is 7. The Morgan fingerprint density at radius 2 is 0.919 bits per heavy atom. The Morgan fingerprint density at radius 1 is 0.500 bits per heavy atom. The molecule has 0 amide bonds. The Balaban J connectivity index is 2.49. The van der Waals surface area contributed by atoms with Gasteiger partial charge in [-0.1, -0.05) is 84.0 Å². The van der Waals surface area contributed by atoms with E-state index in [1.807, 2.05) is 0 Å². The lowest BCUT2D eigenvalue weighted by Gasteiger charge is -2.48. The molecule has 356 valence electrons. The highest BCUT2D eigenvalue weighted by atomic mass is 16.8. The van der Waals surface area contributed by atoms with Crippen molar-refractivity contribution in [2.45, 2.75) is 206 Å². The first-order valence-corrected chi connectivity index (χ1v) is 21.1. The van der Waals surface area contributed by atoms with Crippen LogP contribution in [-0.4, -0.2) is 136 Å². The Morgan fingerprint density at radius 3 is 1.44 bits per heavy atom. The summed E-state index contributed by atoms with van der Waals surface area (Å²) in [6.45, 7) is 0.0944. The average molecular weight is 895 g/mol. The quantitative estimate of drug-likeness (QED) is 0.0587. The molecule has 2 aliphatic heterocycles. The van der Waals surface area contributed by atoms with E-state index in [9.17, 15) is 33.6 Å². The Hall–Kier alpha value is -3.91. The molecule has 2 unspecified atom stereocenters. The first kappa shape index (κ1) is 47.6. The Labute approximate surface area is 370 Å². The summed E-state index contributed by atoms with van der Waals surface area (Å²) in [5.41, 5.74) is 0. The maximum Gasteiger partial charge on any atom is 0.303 e. The molecule has 0 aliphatic carbocycles. The second-order valence-corrected chi connectivity index (χ2v) is 15.1. The standard InChI is InChI=1S/C43H70O19/c1-10-11-12-13-14-15-16-17-18-19-20-21-22-33(51-9)23-54-42-40(58-31(7)49)39(57-30(6)48)37(35(60-42)25-53-27(3)45)62-43-41(59-32(8)50)38(56-29(5)47)36(55-28(4)46)34(61-43)24-52-26(2)44/h33-43H,10-25H2,1-9H3/t33?,34-,35-,36+,37-,38+,39+,40-,41-,42-,43?/m1/s1/i2D,4D,5D,8D. The van der Waals surface area contributed by atoms with Crippen LogP contribution in [0.2, 0.25) is 0 Å². The molecular weight excluding hydrogens is 820 g/mol. The van der Waals surface area contributed by atoms with Crippen molar-refractivity contribution in [2.75, 3.05) is 26.9 Å². The number of hydrogen-bond donors (Lipinski definition) is 0. The SMILES string of the molecule is [2H]CC(=O)OC[C@H]1OC(O[C@H]2[C@H](OC(C)=O)[C@@H](OC(C)=O)[C@H](OCC(CCCCCCCCCCCCCC)OC)O[C@@H]2COC(C)=O)[C@H](OC(=O)C[2H])[C@@H](OC(=O)C[2H])[C@H]1OC(=O)C[2H]. The molecule has 0 saturated carbocycles. The van der Waals surface area contributed by atoms with Crippen LogP contribution in [0.3, 0.4) is 0 Å². The predicted octanol–water partition coefficient (Wildman–Crippen LogP) is 4.73. The fourth-order valence-corrected chi connectivity index (χ4v) is 7.15. The maximum absolute atomic E-state index is 12.8. The van der Waals surface area contributed by atoms with Crippen molar-refractivity contribution in [3.05, 3.63) is 0 Å². The molecule has 2 saturated heterocycles. The molecule has 19 heteroatoms. The second kappa shape index (κ2) is 29.5. The van der Waals surface area contributed by atoms with Gasteiger partial charge in [-0.25, -0.2) is 0 Å². The smallest absolute Gasteiger partial charge is 0.303 e. The van der Waals surface area contributed by atoms with Crippen molar-refractivity contribution >= 4 is 41.8 Å². The lowest BCUT2D eigenvalue weighted by Crippen LogP contribution is -2.67. The van der Waals surface area contributed by atoms with Gasteiger partial charge in [0, 0.05) is 61.0 Å². The van der Waals surface area contributed by atoms with Gasteiger partial charge in [-0.05, 0) is 6.42 Å². The Bertz CT molecular complexity index is 1490. The van der Waals surface area contributed by atoms with Crippen LogP contribution in [0.5, 0.6) is 0 Å². The lowest BCUT2D eigenvalue weighted by atomic mass is 9.96. The average Bonchev–Trinajstić information content (AvgIpc) is 3.28. The Kier molecular flexibility index (Phi) is 22.6. The molecule has 0 N–H and O–H groups in total. The number of unbranched alkanes of at least 4 members (excludes halogenated alkanes) is 11. The van der Waals surface area contributed by atoms with Crippen LogP contribution in [0.4, 0.5) is 0 Å². The van der Waals surface area contributed by atoms with Gasteiger partial charge < -0.3 is 56.8 Å². The van der Waals surface area contributed by atoms with E-state index in [1.165, 1.54) is 58.5 Å². The molecule has 0 radical (unpaired) electrons. The number of esters is 7. The predicted molar refractivity (Wildman–Crippen MR) is 216 cm³/mol. The zero-order valence-corrected chi connectivity index (χ0v) is 36.7. The normalized spacial score (nSPS) is 27.2. The third-order valence-electron chi connectivity index (χ3n) is 9.90. The number of hydrogen-bond acceptors (Lipinski definition) is 19. The van der Waals surface area contributed by atoms with Crippen molar-refractivity contribution in [2.24, 2.45) is 0 Å². The van der Waals surface area contributed by atoms with Crippen LogP contribution in [0.25, 0.3) is 0 Å². The molecule has 0 bridgehead atoms. The molecule has 2 aliphatic rings. The van der Waals surface area contributed by atoms with Gasteiger partial charge >= 0.3 is 41.8 Å². The zero-order valence-electron chi connectivity index (χ0n) is 40.7. The number of ether oxygens (including phenoxy) is 12. The summed E-state index contributed by atoms with van der Waals surface area (Å²) in [7, 11) is 1.51. The van der Waals surface area contributed by atoms with E-state index in [2.05, 4.69) is 6.92 Å². The van der Waals surface area contributed by atoms with E-state index >= 15 is 0 Å². The number of carbonyl (C=O) groups excluding carboxylic acids is 7. The van der Waals surface area contributed by atoms with Crippen molar-refractivity contribution in [3.8, 4) is 0 Å². The topological polar surface area (TPSA) is 230 Å². The maximum atomic E-state index is 12.8. The summed E-state index contributed by atoms with van der Waals surface area (Å²) in [5, 5.41) is 0. The highest BCUT2D eigenvalue weighted by Crippen LogP contribution is 2.36. The number of rotatable bonds is 28. The molecule has 0 aromatic rings. The molecule has 11 atom stereocenters. The summed E-state index contributed by atoms with van der Waals surface area (Å²) in [5.74, 6) is -7.33. The summed E-state index contributed by atoms with van der Waals surface area (Å²) in [6.07, 6.45) is -3.27. The van der Waals surface area contributed by atoms with Gasteiger partial charge in [0.1, 0.15) is 31.5 Å². The third-order valence-corrected chi connectivity index (χ3v) is 9.90. The van der Waals surface area contributed by atoms with E-state index in [1.54, 1.807) is 0 Å². The van der Waals surface area contributed by atoms with Gasteiger partial charge in [0.25, 0.3) is 0 Å². The van der Waals surface area contributed by atoms with Crippen LogP contribution in [0.1, 0.15) is 144 Å². The van der Waals surface area contributed by atoms with Gasteiger partial charge in [0.05, 0.1) is 12.7 Å². The molecule has 2 fully saturated rings. The highest BCUT2D eigenvalue weighted by Gasteiger charge is 2.57. The third kappa shape index (κ3) is 20.5. The largest absolute Gasteiger partial charge is 0.463 e. The molecular formula is C43H70O19. The van der Waals surface area contributed by atoms with Crippen molar-refractivity contribution in [1.29, 1.82) is 0 Å². The minimum atomic E-state index is -2.02. The first-order valence-electron chi connectivity index (χ1n) is 23.9. The lowest BCUT2D eigenvalue weighted by molar-refractivity contribution is -0.362. The first-order chi connectivity index (χ1) is 31.6. The molecule has 0 aromatic heterocycles. The van der Waals surface area contributed by atoms with Crippen LogP contribution < -0.4 is 0 Å². The van der Waals surface area contributed by atoms with Crippen LogP contribution >= 0.6 is 0 Å². The molecule has 2 heterocycles. The summed E-state index contributed by atoms with van der Waals surface area (Å²) in [4.78, 5) is 87.7. The van der Waals surface area contributed by atoms with E-state index in [0.29, 0.717) is 6.42 Å². The van der Waals surface area contributed by atoms with E-state index < -0.39 is 150 Å². The van der Waals surface area contributed by atoms with Crippen LogP contribution in [0.15, 0.2) is 0 Å². The molecule has 19 nitrogen and oxygen atoms in total. The zero-order chi connectivity index (χ0) is 49.0. The summed E-state index contributed by atoms with van der Waals surface area (Å²) in [6, 6.07) is 0. The molecule has 62 heavy (non-hydrogen) atoms. The monoisotopic (exact) mass is 894 g/mol. The van der Waals surface area contributed by atoms with Gasteiger partial charge in [-0.2, -0.15) is 0 Å². The summed E-state index contributed by atoms with van der Waals surface area (Å²) >= 11 is 0. The van der Waals surface area contributed by atoms with E-state index in [0.717, 1.165) is 46.5 Å². The van der Waals surface area contributed by atoms with Crippen molar-refractivity contribution in [3.63, 3.8) is 0 Å². The van der Waals surface area contributed by atoms with E-state index in [4.69, 9.17) is 62.3 Å².